The van der Waals surface area contributed by atoms with E-state index in [-0.39, 0.29) is 0 Å². The van der Waals surface area contributed by atoms with Crippen LogP contribution in [-0.4, -0.2) is 0 Å². The molecule has 4 aromatic carbocycles. The van der Waals surface area contributed by atoms with Crippen molar-refractivity contribution in [3.05, 3.63) is 89.5 Å². The summed E-state index contributed by atoms with van der Waals surface area (Å²) in [6.07, 6.45) is 0. The molecular weight excluding hydrogens is 366 g/mol. The maximum absolute atomic E-state index is 6.05. The van der Waals surface area contributed by atoms with Gasteiger partial charge in [-0.05, 0) is 125 Å². The summed E-state index contributed by atoms with van der Waals surface area (Å²) in [4.78, 5) is 0. The van der Waals surface area contributed by atoms with Crippen molar-refractivity contribution in [1.29, 1.82) is 0 Å². The Morgan fingerprint density at radius 1 is 0.367 bits per heavy atom. The molecule has 0 saturated heterocycles. The number of aryl methyl sites for hydroxylation is 3. The summed E-state index contributed by atoms with van der Waals surface area (Å²) >= 11 is 0. The fourth-order valence-corrected chi connectivity index (χ4v) is 3.69. The molecule has 30 heavy (non-hydrogen) atoms. The van der Waals surface area contributed by atoms with E-state index in [0.29, 0.717) is 0 Å². The monoisotopic (exact) mass is 393 g/mol. The molecule has 0 bridgehead atoms. The van der Waals surface area contributed by atoms with Crippen molar-refractivity contribution in [2.75, 3.05) is 17.2 Å². The van der Waals surface area contributed by atoms with Gasteiger partial charge in [0.15, 0.2) is 0 Å². The van der Waals surface area contributed by atoms with Crippen LogP contribution in [0.1, 0.15) is 16.7 Å². The molecule has 3 heteroatoms. The first-order valence-corrected chi connectivity index (χ1v) is 10.1. The van der Waals surface area contributed by atoms with Gasteiger partial charge in [-0.3, -0.25) is 0 Å². The molecule has 4 rings (SSSR count). The van der Waals surface area contributed by atoms with Gasteiger partial charge in [0, 0.05) is 17.1 Å². The Morgan fingerprint density at radius 2 is 0.633 bits per heavy atom. The van der Waals surface area contributed by atoms with Crippen LogP contribution in [0.25, 0.3) is 33.4 Å². The Bertz CT molecular complexity index is 1090. The maximum atomic E-state index is 6.05. The van der Waals surface area contributed by atoms with Gasteiger partial charge < -0.3 is 17.2 Å². The molecular formula is C27H27N3. The van der Waals surface area contributed by atoms with Crippen molar-refractivity contribution in [2.45, 2.75) is 20.8 Å². The number of benzene rings is 4. The van der Waals surface area contributed by atoms with Crippen molar-refractivity contribution in [1.82, 2.24) is 0 Å². The first-order chi connectivity index (χ1) is 14.3. The van der Waals surface area contributed by atoms with Crippen LogP contribution in [0, 0.1) is 20.8 Å². The molecule has 0 aliphatic carbocycles. The fraction of sp³-hybridized carbons (Fsp3) is 0.111. The first-order valence-electron chi connectivity index (χ1n) is 10.1. The Labute approximate surface area is 178 Å². The van der Waals surface area contributed by atoms with E-state index in [1.807, 2.05) is 39.0 Å². The van der Waals surface area contributed by atoms with Crippen LogP contribution in [0.2, 0.25) is 0 Å². The summed E-state index contributed by atoms with van der Waals surface area (Å²) in [7, 11) is 0. The SMILES string of the molecule is Cc1cc(-c2cc(-c3ccc(N)c(C)c3)cc(-c3ccc(N)c(C)c3)c2)ccc1N. The van der Waals surface area contributed by atoms with Crippen LogP contribution in [-0.2, 0) is 0 Å². The topological polar surface area (TPSA) is 78.1 Å². The number of hydrogen-bond acceptors (Lipinski definition) is 3. The molecule has 6 N–H and O–H groups in total. The second-order valence-corrected chi connectivity index (χ2v) is 8.01. The molecule has 0 aliphatic rings. The van der Waals surface area contributed by atoms with Gasteiger partial charge in [-0.2, -0.15) is 0 Å². The summed E-state index contributed by atoms with van der Waals surface area (Å²) in [5, 5.41) is 0. The highest BCUT2D eigenvalue weighted by atomic mass is 14.6. The third-order valence-electron chi connectivity index (χ3n) is 5.74. The highest BCUT2D eigenvalue weighted by Gasteiger charge is 2.10. The summed E-state index contributed by atoms with van der Waals surface area (Å²) in [6.45, 7) is 6.11. The maximum Gasteiger partial charge on any atom is 0.0344 e. The number of rotatable bonds is 3. The average molecular weight is 394 g/mol. The molecule has 150 valence electrons. The number of nitrogens with two attached hydrogens (primary N) is 3. The molecule has 0 spiro atoms. The van der Waals surface area contributed by atoms with E-state index < -0.39 is 0 Å². The van der Waals surface area contributed by atoms with Gasteiger partial charge in [0.1, 0.15) is 0 Å². The summed E-state index contributed by atoms with van der Waals surface area (Å²) in [6, 6.07) is 25.2. The molecule has 0 aliphatic heterocycles. The van der Waals surface area contributed by atoms with Crippen LogP contribution in [0.5, 0.6) is 0 Å². The Balaban J connectivity index is 1.94. The van der Waals surface area contributed by atoms with Crippen molar-refractivity contribution < 1.29 is 0 Å². The average Bonchev–Trinajstić information content (AvgIpc) is 2.73. The minimum absolute atomic E-state index is 0.804. The zero-order valence-electron chi connectivity index (χ0n) is 17.7. The third-order valence-corrected chi connectivity index (χ3v) is 5.74. The molecule has 0 unspecified atom stereocenters. The number of nitrogen functional groups attached to an aromatic ring is 3. The predicted octanol–water partition coefficient (Wildman–Crippen LogP) is 6.36. The molecule has 0 fully saturated rings. The lowest BCUT2D eigenvalue weighted by Crippen LogP contribution is -1.93. The number of anilines is 3. The van der Waals surface area contributed by atoms with Crippen LogP contribution in [0.3, 0.4) is 0 Å². The molecule has 0 amide bonds. The van der Waals surface area contributed by atoms with E-state index in [1.165, 1.54) is 0 Å². The van der Waals surface area contributed by atoms with Crippen LogP contribution in [0.15, 0.2) is 72.8 Å². The second-order valence-electron chi connectivity index (χ2n) is 8.01. The van der Waals surface area contributed by atoms with Crippen molar-refractivity contribution >= 4 is 17.1 Å². The zero-order valence-corrected chi connectivity index (χ0v) is 17.7. The zero-order chi connectivity index (χ0) is 21.4. The largest absolute Gasteiger partial charge is 0.399 e. The first kappa shape index (κ1) is 19.6. The molecule has 0 aromatic heterocycles. The highest BCUT2D eigenvalue weighted by Crippen LogP contribution is 2.35. The highest BCUT2D eigenvalue weighted by molar-refractivity contribution is 5.83. The van der Waals surface area contributed by atoms with Gasteiger partial charge in [0.2, 0.25) is 0 Å². The number of hydrogen-bond donors (Lipinski definition) is 3. The van der Waals surface area contributed by atoms with E-state index in [9.17, 15) is 0 Å². The van der Waals surface area contributed by atoms with Crippen molar-refractivity contribution in [2.24, 2.45) is 0 Å². The lowest BCUT2D eigenvalue weighted by molar-refractivity contribution is 1.44. The fourth-order valence-electron chi connectivity index (χ4n) is 3.69. The molecule has 4 aromatic rings. The third kappa shape index (κ3) is 3.74. The van der Waals surface area contributed by atoms with Crippen LogP contribution < -0.4 is 17.2 Å². The molecule has 0 heterocycles. The van der Waals surface area contributed by atoms with Gasteiger partial charge in [-0.15, -0.1) is 0 Å². The van der Waals surface area contributed by atoms with Crippen molar-refractivity contribution in [3.63, 3.8) is 0 Å². The Hall–Kier alpha value is -3.72. The van der Waals surface area contributed by atoms with E-state index >= 15 is 0 Å². The molecule has 0 saturated carbocycles. The van der Waals surface area contributed by atoms with Crippen LogP contribution in [0.4, 0.5) is 17.1 Å². The second kappa shape index (κ2) is 7.60. The van der Waals surface area contributed by atoms with E-state index in [1.54, 1.807) is 0 Å². The van der Waals surface area contributed by atoms with Gasteiger partial charge in [0.25, 0.3) is 0 Å². The van der Waals surface area contributed by atoms with E-state index in [4.69, 9.17) is 17.2 Å². The Morgan fingerprint density at radius 3 is 0.867 bits per heavy atom. The smallest absolute Gasteiger partial charge is 0.0344 e. The van der Waals surface area contributed by atoms with Gasteiger partial charge in [0.05, 0.1) is 0 Å². The summed E-state index contributed by atoms with van der Waals surface area (Å²) in [5.74, 6) is 0. The van der Waals surface area contributed by atoms with E-state index in [0.717, 1.165) is 67.1 Å². The summed E-state index contributed by atoms with van der Waals surface area (Å²) < 4.78 is 0. The van der Waals surface area contributed by atoms with Gasteiger partial charge in [-0.25, -0.2) is 0 Å². The van der Waals surface area contributed by atoms with Gasteiger partial charge in [-0.1, -0.05) is 18.2 Å². The molecule has 0 atom stereocenters. The van der Waals surface area contributed by atoms with Gasteiger partial charge >= 0.3 is 0 Å². The quantitative estimate of drug-likeness (QED) is 0.354. The predicted molar refractivity (Wildman–Crippen MR) is 130 cm³/mol. The molecule has 3 nitrogen and oxygen atoms in total. The summed E-state index contributed by atoms with van der Waals surface area (Å²) in [5.41, 5.74) is 30.6. The standard InChI is InChI=1S/C27H27N3/c1-16-10-19(4-7-25(16)28)22-13-23(20-5-8-26(29)17(2)11-20)15-24(14-22)21-6-9-27(30)18(3)12-21/h4-15H,28-30H2,1-3H3. The normalized spacial score (nSPS) is 10.9. The molecule has 0 radical (unpaired) electrons. The lowest BCUT2D eigenvalue weighted by Gasteiger charge is -2.14. The Kier molecular flexibility index (Phi) is 4.96. The minimum atomic E-state index is 0.804. The minimum Gasteiger partial charge on any atom is -0.399 e. The van der Waals surface area contributed by atoms with Crippen molar-refractivity contribution in [3.8, 4) is 33.4 Å². The van der Waals surface area contributed by atoms with E-state index in [2.05, 4.69) is 54.6 Å². The lowest BCUT2D eigenvalue weighted by atomic mass is 9.91. The van der Waals surface area contributed by atoms with Crippen LogP contribution >= 0.6 is 0 Å².